The molecule has 5 nitrogen and oxygen atoms in total. The number of carboxylic acid groups (broad SMARTS) is 1. The van der Waals surface area contributed by atoms with Crippen LogP contribution in [0.25, 0.3) is 0 Å². The van der Waals surface area contributed by atoms with Crippen molar-refractivity contribution < 1.29 is 14.7 Å². The van der Waals surface area contributed by atoms with E-state index in [0.717, 1.165) is 32.1 Å². The monoisotopic (exact) mass is 270 g/mol. The molecule has 5 heteroatoms. The lowest BCUT2D eigenvalue weighted by molar-refractivity contribution is -0.147. The summed E-state index contributed by atoms with van der Waals surface area (Å²) in [6.45, 7) is 3.81. The Morgan fingerprint density at radius 1 is 1.26 bits per heavy atom. The number of amides is 1. The van der Waals surface area contributed by atoms with E-state index in [2.05, 4.69) is 0 Å². The van der Waals surface area contributed by atoms with E-state index in [1.807, 2.05) is 13.8 Å². The first kappa shape index (κ1) is 16.0. The van der Waals surface area contributed by atoms with Gasteiger partial charge >= 0.3 is 5.97 Å². The smallest absolute Gasteiger partial charge is 0.305 e. The Kier molecular flexibility index (Phi) is 5.35. The zero-order valence-electron chi connectivity index (χ0n) is 12.2. The molecule has 0 aromatic rings. The van der Waals surface area contributed by atoms with Crippen LogP contribution in [0.1, 0.15) is 52.4 Å². The highest BCUT2D eigenvalue weighted by atomic mass is 16.4. The van der Waals surface area contributed by atoms with Crippen molar-refractivity contribution in [1.29, 1.82) is 0 Å². The predicted molar refractivity (Wildman–Crippen MR) is 73.7 cm³/mol. The standard InChI is InChI=1S/C14H26N2O3/c1-10(2)12(15)13(19)16(3)14(9-11(17)18)7-5-4-6-8-14/h10,12H,4-9,15H2,1-3H3,(H,17,18)/t12-/m0/s1. The Morgan fingerprint density at radius 2 is 1.79 bits per heavy atom. The van der Waals surface area contributed by atoms with E-state index in [9.17, 15) is 9.59 Å². The fourth-order valence-electron chi connectivity index (χ4n) is 2.86. The number of likely N-dealkylation sites (N-methyl/N-ethyl adjacent to an activating group) is 1. The van der Waals surface area contributed by atoms with E-state index in [1.165, 1.54) is 0 Å². The summed E-state index contributed by atoms with van der Waals surface area (Å²) in [6, 6.07) is -0.558. The van der Waals surface area contributed by atoms with Crippen molar-refractivity contribution in [2.75, 3.05) is 7.05 Å². The number of carbonyl (C=O) groups is 2. The summed E-state index contributed by atoms with van der Waals surface area (Å²) >= 11 is 0. The molecule has 1 aliphatic rings. The van der Waals surface area contributed by atoms with Gasteiger partial charge in [-0.2, -0.15) is 0 Å². The Hall–Kier alpha value is -1.10. The second-order valence-corrected chi connectivity index (χ2v) is 6.02. The molecule has 1 aliphatic carbocycles. The predicted octanol–water partition coefficient (Wildman–Crippen LogP) is 1.61. The molecule has 0 spiro atoms. The van der Waals surface area contributed by atoms with E-state index in [4.69, 9.17) is 10.8 Å². The number of carboxylic acids is 1. The maximum Gasteiger partial charge on any atom is 0.305 e. The SMILES string of the molecule is CC(C)[C@H](N)C(=O)N(C)C1(CC(=O)O)CCCCC1. The average Bonchev–Trinajstić information content (AvgIpc) is 2.36. The molecule has 0 heterocycles. The number of nitrogens with zero attached hydrogens (tertiary/aromatic N) is 1. The van der Waals surface area contributed by atoms with E-state index >= 15 is 0 Å². The van der Waals surface area contributed by atoms with Crippen LogP contribution in [0, 0.1) is 5.92 Å². The van der Waals surface area contributed by atoms with Crippen molar-refractivity contribution in [3.8, 4) is 0 Å². The molecule has 0 radical (unpaired) electrons. The van der Waals surface area contributed by atoms with E-state index < -0.39 is 17.6 Å². The van der Waals surface area contributed by atoms with Gasteiger partial charge in [0.05, 0.1) is 18.0 Å². The Bertz CT molecular complexity index is 336. The van der Waals surface area contributed by atoms with Gasteiger partial charge in [-0.1, -0.05) is 33.1 Å². The maximum atomic E-state index is 12.4. The topological polar surface area (TPSA) is 83.6 Å². The first-order valence-electron chi connectivity index (χ1n) is 7.05. The fraction of sp³-hybridized carbons (Fsp3) is 0.857. The van der Waals surface area contributed by atoms with Crippen LogP contribution < -0.4 is 5.73 Å². The lowest BCUT2D eigenvalue weighted by Gasteiger charge is -2.45. The molecule has 1 amide bonds. The van der Waals surface area contributed by atoms with Crippen LogP contribution in [0.2, 0.25) is 0 Å². The molecule has 19 heavy (non-hydrogen) atoms. The van der Waals surface area contributed by atoms with Crippen LogP contribution in [0.5, 0.6) is 0 Å². The van der Waals surface area contributed by atoms with E-state index in [-0.39, 0.29) is 18.2 Å². The Balaban J connectivity index is 2.90. The number of carbonyl (C=O) groups excluding carboxylic acids is 1. The zero-order chi connectivity index (χ0) is 14.6. The fourth-order valence-corrected chi connectivity index (χ4v) is 2.86. The molecule has 1 saturated carbocycles. The molecule has 1 fully saturated rings. The molecule has 0 aliphatic heterocycles. The van der Waals surface area contributed by atoms with Gasteiger partial charge in [-0.25, -0.2) is 0 Å². The Labute approximate surface area is 115 Å². The van der Waals surface area contributed by atoms with Crippen molar-refractivity contribution >= 4 is 11.9 Å². The summed E-state index contributed by atoms with van der Waals surface area (Å²) < 4.78 is 0. The van der Waals surface area contributed by atoms with Gasteiger partial charge in [0.15, 0.2) is 0 Å². The van der Waals surface area contributed by atoms with Gasteiger partial charge in [0.1, 0.15) is 0 Å². The van der Waals surface area contributed by atoms with E-state index in [1.54, 1.807) is 11.9 Å². The lowest BCUT2D eigenvalue weighted by Crippen LogP contribution is -2.57. The van der Waals surface area contributed by atoms with E-state index in [0.29, 0.717) is 0 Å². The van der Waals surface area contributed by atoms with Gasteiger partial charge < -0.3 is 15.7 Å². The third-order valence-corrected chi connectivity index (χ3v) is 4.31. The summed E-state index contributed by atoms with van der Waals surface area (Å²) in [5, 5.41) is 9.14. The normalized spacial score (nSPS) is 20.1. The van der Waals surface area contributed by atoms with Gasteiger partial charge in [-0.15, -0.1) is 0 Å². The number of aliphatic carboxylic acids is 1. The third-order valence-electron chi connectivity index (χ3n) is 4.31. The van der Waals surface area contributed by atoms with Gasteiger partial charge in [-0.3, -0.25) is 9.59 Å². The zero-order valence-corrected chi connectivity index (χ0v) is 12.2. The molecule has 110 valence electrons. The van der Waals surface area contributed by atoms with Gasteiger partial charge in [0.25, 0.3) is 0 Å². The molecule has 0 unspecified atom stereocenters. The second kappa shape index (κ2) is 6.37. The molecule has 0 bridgehead atoms. The molecule has 0 saturated heterocycles. The van der Waals surface area contributed by atoms with Crippen LogP contribution in [-0.4, -0.2) is 40.5 Å². The highest BCUT2D eigenvalue weighted by Crippen LogP contribution is 2.36. The van der Waals surface area contributed by atoms with Gasteiger partial charge in [0.2, 0.25) is 5.91 Å². The van der Waals surface area contributed by atoms with Crippen molar-refractivity contribution in [1.82, 2.24) is 4.90 Å². The number of nitrogens with two attached hydrogens (primary N) is 1. The second-order valence-electron chi connectivity index (χ2n) is 6.02. The quantitative estimate of drug-likeness (QED) is 0.795. The summed E-state index contributed by atoms with van der Waals surface area (Å²) in [5.74, 6) is -0.932. The minimum atomic E-state index is -0.848. The van der Waals surface area contributed by atoms with Crippen LogP contribution in [0.15, 0.2) is 0 Å². The van der Waals surface area contributed by atoms with Crippen molar-refractivity contribution in [2.24, 2.45) is 11.7 Å². The summed E-state index contributed by atoms with van der Waals surface area (Å²) in [7, 11) is 1.71. The van der Waals surface area contributed by atoms with Crippen molar-refractivity contribution in [3.63, 3.8) is 0 Å². The Morgan fingerprint density at radius 3 is 2.21 bits per heavy atom. The highest BCUT2D eigenvalue weighted by molar-refractivity contribution is 5.83. The van der Waals surface area contributed by atoms with Crippen molar-refractivity contribution in [3.05, 3.63) is 0 Å². The van der Waals surface area contributed by atoms with Crippen LogP contribution in [-0.2, 0) is 9.59 Å². The van der Waals surface area contributed by atoms with Crippen LogP contribution in [0.3, 0.4) is 0 Å². The molecule has 0 aromatic heterocycles. The molecular formula is C14H26N2O3. The number of hydrogen-bond acceptors (Lipinski definition) is 3. The average molecular weight is 270 g/mol. The molecular weight excluding hydrogens is 244 g/mol. The molecule has 1 rings (SSSR count). The molecule has 3 N–H and O–H groups in total. The number of hydrogen-bond donors (Lipinski definition) is 2. The van der Waals surface area contributed by atoms with Gasteiger partial charge in [-0.05, 0) is 18.8 Å². The minimum Gasteiger partial charge on any atom is -0.481 e. The van der Waals surface area contributed by atoms with Gasteiger partial charge in [0, 0.05) is 7.05 Å². The highest BCUT2D eigenvalue weighted by Gasteiger charge is 2.41. The van der Waals surface area contributed by atoms with Crippen molar-refractivity contribution in [2.45, 2.75) is 64.0 Å². The maximum absolute atomic E-state index is 12.4. The summed E-state index contributed by atoms with van der Waals surface area (Å²) in [6.07, 6.45) is 4.59. The first-order valence-corrected chi connectivity index (χ1v) is 7.05. The first-order chi connectivity index (χ1) is 8.80. The van der Waals surface area contributed by atoms with Crippen LogP contribution >= 0.6 is 0 Å². The molecule has 0 aromatic carbocycles. The molecule has 1 atom stereocenters. The minimum absolute atomic E-state index is 0.0139. The summed E-state index contributed by atoms with van der Waals surface area (Å²) in [5.41, 5.74) is 5.37. The largest absolute Gasteiger partial charge is 0.481 e. The number of rotatable bonds is 5. The van der Waals surface area contributed by atoms with Crippen LogP contribution in [0.4, 0.5) is 0 Å². The third kappa shape index (κ3) is 3.69. The lowest BCUT2D eigenvalue weighted by atomic mass is 9.77. The summed E-state index contributed by atoms with van der Waals surface area (Å²) in [4.78, 5) is 25.1.